The van der Waals surface area contributed by atoms with Gasteiger partial charge in [0.15, 0.2) is 11.6 Å². The van der Waals surface area contributed by atoms with Gasteiger partial charge < -0.3 is 15.0 Å². The Kier molecular flexibility index (Phi) is 5.40. The molecule has 3 heterocycles. The summed E-state index contributed by atoms with van der Waals surface area (Å²) in [6.45, 7) is 4.01. The van der Waals surface area contributed by atoms with E-state index in [1.807, 2.05) is 11.8 Å². The molecule has 1 aliphatic heterocycles. The Morgan fingerprint density at radius 1 is 1.39 bits per heavy atom. The molecule has 0 unspecified atom stereocenters. The third-order valence-electron chi connectivity index (χ3n) is 5.50. The Morgan fingerprint density at radius 2 is 2.16 bits per heavy atom. The topological polar surface area (TPSA) is 100 Å². The number of rotatable bonds is 5. The number of aromatic nitrogens is 3. The molecular weight excluding hydrogens is 408 g/mol. The number of halogens is 2. The van der Waals surface area contributed by atoms with Gasteiger partial charge in [-0.1, -0.05) is 0 Å². The number of amides is 1. The van der Waals surface area contributed by atoms with Crippen molar-refractivity contribution in [1.29, 1.82) is 0 Å². The molecule has 0 aliphatic carbocycles. The van der Waals surface area contributed by atoms with Crippen LogP contribution in [0.25, 0.3) is 11.0 Å². The third kappa shape index (κ3) is 3.86. The molecule has 0 spiro atoms. The zero-order chi connectivity index (χ0) is 22.3. The van der Waals surface area contributed by atoms with Crippen molar-refractivity contribution in [3.05, 3.63) is 63.3 Å². The van der Waals surface area contributed by atoms with Gasteiger partial charge in [0.05, 0.1) is 6.20 Å². The summed E-state index contributed by atoms with van der Waals surface area (Å²) in [4.78, 5) is 35.6. The number of nitrogens with zero attached hydrogens (tertiary/aromatic N) is 3. The Bertz CT molecular complexity index is 1210. The Hall–Kier alpha value is -3.40. The summed E-state index contributed by atoms with van der Waals surface area (Å²) in [6.07, 6.45) is 1.31. The van der Waals surface area contributed by atoms with Gasteiger partial charge in [-0.25, -0.2) is 18.7 Å². The average Bonchev–Trinajstić information content (AvgIpc) is 2.77. The van der Waals surface area contributed by atoms with Crippen molar-refractivity contribution in [3.63, 3.8) is 0 Å². The number of H-pyrrole nitrogens is 1. The van der Waals surface area contributed by atoms with Gasteiger partial charge in [0.25, 0.3) is 11.5 Å². The Labute approximate surface area is 176 Å². The molecule has 162 valence electrons. The lowest BCUT2D eigenvalue weighted by molar-refractivity contribution is -0.0420. The number of aryl methyl sites for hydroxylation is 1. The number of ether oxygens (including phenoxy) is 1. The van der Waals surface area contributed by atoms with E-state index in [2.05, 4.69) is 20.3 Å². The van der Waals surface area contributed by atoms with Crippen LogP contribution in [0.15, 0.2) is 29.2 Å². The van der Waals surface area contributed by atoms with E-state index in [1.54, 1.807) is 12.1 Å². The zero-order valence-corrected chi connectivity index (χ0v) is 17.2. The first-order chi connectivity index (χ1) is 14.8. The van der Waals surface area contributed by atoms with Crippen molar-refractivity contribution in [2.75, 3.05) is 13.6 Å². The lowest BCUT2D eigenvalue weighted by Gasteiger charge is -2.45. The maximum Gasteiger partial charge on any atom is 0.269 e. The monoisotopic (exact) mass is 429 g/mol. The fourth-order valence-electron chi connectivity index (χ4n) is 3.53. The lowest BCUT2D eigenvalue weighted by atomic mass is 9.99. The zero-order valence-electron chi connectivity index (χ0n) is 17.2. The number of fused-ring (bicyclic) bond motifs is 1. The SMILES string of the molecule is CNC(=O)c1ccc(O[C@H]2CN(Cc3cc(F)c4nc(C)c(=O)[nH]c4c3F)[C@@H]2C)cn1. The van der Waals surface area contributed by atoms with Gasteiger partial charge in [-0.3, -0.25) is 14.5 Å². The van der Waals surface area contributed by atoms with Gasteiger partial charge in [0.2, 0.25) is 0 Å². The first-order valence-electron chi connectivity index (χ1n) is 9.74. The molecular formula is C21H21F2N5O3. The number of pyridine rings is 1. The molecule has 1 saturated heterocycles. The number of aromatic amines is 1. The highest BCUT2D eigenvalue weighted by molar-refractivity contribution is 5.92. The number of carbonyl (C=O) groups excluding carboxylic acids is 1. The van der Waals surface area contributed by atoms with Crippen LogP contribution in [-0.4, -0.2) is 51.5 Å². The Balaban J connectivity index is 1.45. The van der Waals surface area contributed by atoms with Gasteiger partial charge in [-0.05, 0) is 32.0 Å². The molecule has 2 N–H and O–H groups in total. The average molecular weight is 429 g/mol. The van der Waals surface area contributed by atoms with Gasteiger partial charge in [0, 0.05) is 31.7 Å². The summed E-state index contributed by atoms with van der Waals surface area (Å²) >= 11 is 0. The van der Waals surface area contributed by atoms with Crippen LogP contribution in [-0.2, 0) is 6.54 Å². The van der Waals surface area contributed by atoms with Crippen molar-refractivity contribution < 1.29 is 18.3 Å². The van der Waals surface area contributed by atoms with E-state index in [0.29, 0.717) is 12.3 Å². The predicted molar refractivity (Wildman–Crippen MR) is 109 cm³/mol. The summed E-state index contributed by atoms with van der Waals surface area (Å²) in [5.41, 5.74) is -0.474. The summed E-state index contributed by atoms with van der Waals surface area (Å²) in [6, 6.07) is 4.28. The highest BCUT2D eigenvalue weighted by Crippen LogP contribution is 2.28. The first-order valence-corrected chi connectivity index (χ1v) is 9.74. The van der Waals surface area contributed by atoms with E-state index in [-0.39, 0.29) is 52.6 Å². The molecule has 31 heavy (non-hydrogen) atoms. The minimum atomic E-state index is -0.688. The molecule has 3 aromatic rings. The summed E-state index contributed by atoms with van der Waals surface area (Å²) in [7, 11) is 1.53. The normalized spacial score (nSPS) is 18.6. The number of benzene rings is 1. The Morgan fingerprint density at radius 3 is 2.81 bits per heavy atom. The molecule has 2 atom stereocenters. The van der Waals surface area contributed by atoms with Gasteiger partial charge in [-0.2, -0.15) is 0 Å². The summed E-state index contributed by atoms with van der Waals surface area (Å²) < 4.78 is 35.3. The summed E-state index contributed by atoms with van der Waals surface area (Å²) in [5, 5.41) is 2.50. The number of nitrogens with one attached hydrogen (secondary N) is 2. The molecule has 1 amide bonds. The van der Waals surface area contributed by atoms with Gasteiger partial charge >= 0.3 is 0 Å². The van der Waals surface area contributed by atoms with Crippen molar-refractivity contribution in [2.45, 2.75) is 32.5 Å². The number of hydrogen-bond donors (Lipinski definition) is 2. The van der Waals surface area contributed by atoms with E-state index < -0.39 is 17.2 Å². The summed E-state index contributed by atoms with van der Waals surface area (Å²) in [5.74, 6) is -1.14. The van der Waals surface area contributed by atoms with Gasteiger partial charge in [0.1, 0.15) is 34.3 Å². The van der Waals surface area contributed by atoms with Crippen molar-refractivity contribution >= 4 is 16.9 Å². The number of carbonyl (C=O) groups is 1. The quantitative estimate of drug-likeness (QED) is 0.643. The smallest absolute Gasteiger partial charge is 0.269 e. The molecule has 1 fully saturated rings. The van der Waals surface area contributed by atoms with Crippen molar-refractivity contribution in [1.82, 2.24) is 25.2 Å². The van der Waals surface area contributed by atoms with Crippen LogP contribution in [0.3, 0.4) is 0 Å². The van der Waals surface area contributed by atoms with E-state index in [1.165, 1.54) is 20.2 Å². The fraction of sp³-hybridized carbons (Fsp3) is 0.333. The van der Waals surface area contributed by atoms with Crippen LogP contribution in [0.1, 0.15) is 28.7 Å². The minimum absolute atomic E-state index is 0.0630. The first kappa shape index (κ1) is 20.9. The second-order valence-electron chi connectivity index (χ2n) is 7.49. The number of likely N-dealkylation sites (tertiary alicyclic amines) is 1. The fourth-order valence-corrected chi connectivity index (χ4v) is 3.53. The molecule has 8 nitrogen and oxygen atoms in total. The van der Waals surface area contributed by atoms with Crippen LogP contribution in [0.4, 0.5) is 8.78 Å². The van der Waals surface area contributed by atoms with E-state index in [4.69, 9.17) is 4.74 Å². The maximum atomic E-state index is 14.9. The molecule has 10 heteroatoms. The molecule has 0 bridgehead atoms. The predicted octanol–water partition coefficient (Wildman–Crippen LogP) is 1.92. The largest absolute Gasteiger partial charge is 0.486 e. The van der Waals surface area contributed by atoms with E-state index >= 15 is 0 Å². The molecule has 4 rings (SSSR count). The van der Waals surface area contributed by atoms with Crippen LogP contribution >= 0.6 is 0 Å². The lowest BCUT2D eigenvalue weighted by Crippen LogP contribution is -2.60. The molecule has 1 aromatic carbocycles. The second kappa shape index (κ2) is 8.03. The maximum absolute atomic E-state index is 14.9. The van der Waals surface area contributed by atoms with Crippen molar-refractivity contribution in [3.8, 4) is 5.75 Å². The second-order valence-corrected chi connectivity index (χ2v) is 7.49. The van der Waals surface area contributed by atoms with Crippen LogP contribution in [0, 0.1) is 18.6 Å². The molecule has 0 radical (unpaired) electrons. The highest BCUT2D eigenvalue weighted by Gasteiger charge is 2.38. The van der Waals surface area contributed by atoms with E-state index in [0.717, 1.165) is 6.07 Å². The molecule has 0 saturated carbocycles. The van der Waals surface area contributed by atoms with Crippen LogP contribution in [0.2, 0.25) is 0 Å². The number of hydrogen-bond acceptors (Lipinski definition) is 6. The standard InChI is InChI=1S/C21H21F2N5O3/c1-10-20(29)27-19-17(23)12(6-14(22)18(19)26-10)8-28-9-16(11(28)2)31-13-4-5-15(25-7-13)21(30)24-3/h4-7,11,16H,8-9H2,1-3H3,(H,24,30)(H,27,29)/t11-,16+/m1/s1. The van der Waals surface area contributed by atoms with Gasteiger partial charge in [-0.15, -0.1) is 0 Å². The van der Waals surface area contributed by atoms with Crippen LogP contribution < -0.4 is 15.6 Å². The van der Waals surface area contributed by atoms with Crippen LogP contribution in [0.5, 0.6) is 5.75 Å². The van der Waals surface area contributed by atoms with Crippen molar-refractivity contribution in [2.24, 2.45) is 0 Å². The minimum Gasteiger partial charge on any atom is -0.486 e. The third-order valence-corrected chi connectivity index (χ3v) is 5.50. The highest BCUT2D eigenvalue weighted by atomic mass is 19.1. The molecule has 1 aliphatic rings. The molecule has 2 aromatic heterocycles. The van der Waals surface area contributed by atoms with E-state index in [9.17, 15) is 18.4 Å².